The average Bonchev–Trinajstić information content (AvgIpc) is 2.79. The van der Waals surface area contributed by atoms with Crippen LogP contribution < -0.4 is 10.6 Å². The number of aryl methyl sites for hydroxylation is 2. The summed E-state index contributed by atoms with van der Waals surface area (Å²) in [6, 6.07) is 14.9. The Labute approximate surface area is 189 Å². The molecule has 0 bridgehead atoms. The van der Waals surface area contributed by atoms with Gasteiger partial charge in [0, 0.05) is 13.1 Å². The van der Waals surface area contributed by atoms with E-state index in [9.17, 15) is 18.0 Å². The van der Waals surface area contributed by atoms with Gasteiger partial charge in [-0.2, -0.15) is 4.31 Å². The van der Waals surface area contributed by atoms with Crippen LogP contribution in [-0.2, 0) is 30.8 Å². The monoisotopic (exact) mass is 459 g/mol. The SMILES string of the molecule is Cc1ccc(C)c(S(=O)(=O)N2CCCO[C@@H]2CNC(=O)C(=O)NCCc2ccccc2)c1. The second kappa shape index (κ2) is 10.7. The Hall–Kier alpha value is -2.75. The standard InChI is InChI=1S/C23H29N3O5S/c1-17-9-10-18(2)20(15-17)32(29,30)26-13-6-14-31-21(26)16-25-23(28)22(27)24-12-11-19-7-4-3-5-8-19/h3-5,7-10,15,21H,6,11-14,16H2,1-2H3,(H,24,27)(H,25,28)/t21-/m1/s1. The van der Waals surface area contributed by atoms with E-state index >= 15 is 0 Å². The number of nitrogens with one attached hydrogen (secondary N) is 2. The highest BCUT2D eigenvalue weighted by molar-refractivity contribution is 7.89. The number of hydrogen-bond acceptors (Lipinski definition) is 5. The number of hydrogen-bond donors (Lipinski definition) is 2. The van der Waals surface area contributed by atoms with E-state index in [2.05, 4.69) is 10.6 Å². The maximum atomic E-state index is 13.3. The van der Waals surface area contributed by atoms with Crippen molar-refractivity contribution in [3.05, 3.63) is 65.2 Å². The summed E-state index contributed by atoms with van der Waals surface area (Å²) < 4.78 is 33.5. The first-order chi connectivity index (χ1) is 15.3. The lowest BCUT2D eigenvalue weighted by atomic mass is 10.1. The lowest BCUT2D eigenvalue weighted by molar-refractivity contribution is -0.140. The summed E-state index contributed by atoms with van der Waals surface area (Å²) in [7, 11) is -3.82. The molecule has 1 fully saturated rings. The Bertz CT molecular complexity index is 1060. The molecule has 2 aromatic rings. The van der Waals surface area contributed by atoms with Gasteiger partial charge in [-0.25, -0.2) is 8.42 Å². The van der Waals surface area contributed by atoms with E-state index in [1.54, 1.807) is 19.1 Å². The Morgan fingerprint density at radius 1 is 1.06 bits per heavy atom. The van der Waals surface area contributed by atoms with E-state index in [1.165, 1.54) is 4.31 Å². The van der Waals surface area contributed by atoms with Crippen molar-refractivity contribution < 1.29 is 22.7 Å². The molecule has 2 N–H and O–H groups in total. The van der Waals surface area contributed by atoms with Gasteiger partial charge in [0.2, 0.25) is 10.0 Å². The highest BCUT2D eigenvalue weighted by atomic mass is 32.2. The smallest absolute Gasteiger partial charge is 0.309 e. The van der Waals surface area contributed by atoms with Gasteiger partial charge in [0.05, 0.1) is 18.0 Å². The molecule has 2 aromatic carbocycles. The molecule has 2 amide bonds. The van der Waals surface area contributed by atoms with Gasteiger partial charge in [-0.05, 0) is 49.4 Å². The number of benzene rings is 2. The number of sulfonamides is 1. The van der Waals surface area contributed by atoms with Crippen LogP contribution in [0.2, 0.25) is 0 Å². The summed E-state index contributed by atoms with van der Waals surface area (Å²) in [6.45, 7) is 4.44. The van der Waals surface area contributed by atoms with E-state index in [-0.39, 0.29) is 18.0 Å². The van der Waals surface area contributed by atoms with Crippen LogP contribution in [0.1, 0.15) is 23.1 Å². The van der Waals surface area contributed by atoms with Gasteiger partial charge in [-0.15, -0.1) is 0 Å². The van der Waals surface area contributed by atoms with Crippen LogP contribution >= 0.6 is 0 Å². The molecule has 32 heavy (non-hydrogen) atoms. The van der Waals surface area contributed by atoms with Crippen molar-refractivity contribution in [1.29, 1.82) is 0 Å². The molecule has 8 nitrogen and oxygen atoms in total. The first-order valence-corrected chi connectivity index (χ1v) is 12.0. The van der Waals surface area contributed by atoms with Crippen molar-refractivity contribution in [2.45, 2.75) is 37.8 Å². The zero-order valence-corrected chi connectivity index (χ0v) is 19.2. The predicted octanol–water partition coefficient (Wildman–Crippen LogP) is 1.52. The van der Waals surface area contributed by atoms with Gasteiger partial charge in [0.25, 0.3) is 0 Å². The molecule has 0 aromatic heterocycles. The Kier molecular flexibility index (Phi) is 8.00. The first-order valence-electron chi connectivity index (χ1n) is 10.6. The average molecular weight is 460 g/mol. The first kappa shape index (κ1) is 23.9. The summed E-state index contributed by atoms with van der Waals surface area (Å²) in [5, 5.41) is 5.07. The fourth-order valence-corrected chi connectivity index (χ4v) is 5.40. The Balaban J connectivity index is 1.58. The van der Waals surface area contributed by atoms with Crippen molar-refractivity contribution in [2.24, 2.45) is 0 Å². The number of amides is 2. The fourth-order valence-electron chi connectivity index (χ4n) is 3.52. The Morgan fingerprint density at radius 3 is 2.53 bits per heavy atom. The van der Waals surface area contributed by atoms with Gasteiger partial charge < -0.3 is 15.4 Å². The number of ether oxygens (including phenoxy) is 1. The van der Waals surface area contributed by atoms with E-state index in [0.29, 0.717) is 31.6 Å². The normalized spacial score (nSPS) is 17.0. The summed E-state index contributed by atoms with van der Waals surface area (Å²) in [6.07, 6.45) is 0.275. The molecule has 1 heterocycles. The minimum atomic E-state index is -3.82. The van der Waals surface area contributed by atoms with Crippen LogP contribution in [0.4, 0.5) is 0 Å². The molecule has 0 radical (unpaired) electrons. The maximum Gasteiger partial charge on any atom is 0.309 e. The van der Waals surface area contributed by atoms with E-state index in [0.717, 1.165) is 11.1 Å². The quantitative estimate of drug-likeness (QED) is 0.611. The van der Waals surface area contributed by atoms with Crippen molar-refractivity contribution in [3.63, 3.8) is 0 Å². The fraction of sp³-hybridized carbons (Fsp3) is 0.391. The molecule has 0 saturated carbocycles. The third-order valence-corrected chi connectivity index (χ3v) is 7.30. The van der Waals surface area contributed by atoms with Gasteiger partial charge >= 0.3 is 11.8 Å². The minimum Gasteiger partial charge on any atom is -0.360 e. The largest absolute Gasteiger partial charge is 0.360 e. The van der Waals surface area contributed by atoms with Crippen LogP contribution in [0.5, 0.6) is 0 Å². The van der Waals surface area contributed by atoms with Crippen LogP contribution in [0, 0.1) is 13.8 Å². The van der Waals surface area contributed by atoms with Gasteiger partial charge in [-0.3, -0.25) is 9.59 Å². The zero-order valence-electron chi connectivity index (χ0n) is 18.3. The highest BCUT2D eigenvalue weighted by Gasteiger charge is 2.35. The molecule has 0 aliphatic carbocycles. The van der Waals surface area contributed by atoms with Crippen molar-refractivity contribution >= 4 is 21.8 Å². The van der Waals surface area contributed by atoms with Crippen LogP contribution in [0.25, 0.3) is 0 Å². The van der Waals surface area contributed by atoms with Crippen LogP contribution in [0.3, 0.4) is 0 Å². The third kappa shape index (κ3) is 5.93. The lowest BCUT2D eigenvalue weighted by Gasteiger charge is -2.35. The molecule has 1 saturated heterocycles. The zero-order chi connectivity index (χ0) is 23.1. The predicted molar refractivity (Wildman–Crippen MR) is 120 cm³/mol. The Morgan fingerprint density at radius 2 is 1.78 bits per heavy atom. The number of rotatable bonds is 7. The van der Waals surface area contributed by atoms with Gasteiger partial charge in [0.1, 0.15) is 6.23 Å². The molecule has 172 valence electrons. The topological polar surface area (TPSA) is 105 Å². The van der Waals surface area contributed by atoms with Crippen LogP contribution in [-0.4, -0.2) is 57.0 Å². The molecule has 1 aliphatic heterocycles. The molecular weight excluding hydrogens is 430 g/mol. The van der Waals surface area contributed by atoms with Crippen molar-refractivity contribution in [2.75, 3.05) is 26.2 Å². The second-order valence-corrected chi connectivity index (χ2v) is 9.62. The van der Waals surface area contributed by atoms with Gasteiger partial charge in [0.15, 0.2) is 0 Å². The molecule has 0 unspecified atom stereocenters. The van der Waals surface area contributed by atoms with Crippen LogP contribution in [0.15, 0.2) is 53.4 Å². The number of carbonyl (C=O) groups excluding carboxylic acids is 2. The summed E-state index contributed by atoms with van der Waals surface area (Å²) >= 11 is 0. The highest BCUT2D eigenvalue weighted by Crippen LogP contribution is 2.25. The molecular formula is C23H29N3O5S. The van der Waals surface area contributed by atoms with Crippen molar-refractivity contribution in [1.82, 2.24) is 14.9 Å². The summed E-state index contributed by atoms with van der Waals surface area (Å²) in [4.78, 5) is 24.5. The molecule has 9 heteroatoms. The molecule has 3 rings (SSSR count). The molecule has 1 atom stereocenters. The minimum absolute atomic E-state index is 0.116. The molecule has 1 aliphatic rings. The number of nitrogens with zero attached hydrogens (tertiary/aromatic N) is 1. The third-order valence-electron chi connectivity index (χ3n) is 5.27. The lowest BCUT2D eigenvalue weighted by Crippen LogP contribution is -2.53. The number of carbonyl (C=O) groups is 2. The van der Waals surface area contributed by atoms with E-state index in [1.807, 2.05) is 43.3 Å². The summed E-state index contributed by atoms with van der Waals surface area (Å²) in [5.74, 6) is -1.59. The van der Waals surface area contributed by atoms with E-state index in [4.69, 9.17) is 4.74 Å². The molecule has 0 spiro atoms. The van der Waals surface area contributed by atoms with E-state index < -0.39 is 28.1 Å². The maximum absolute atomic E-state index is 13.3. The van der Waals surface area contributed by atoms with Gasteiger partial charge in [-0.1, -0.05) is 42.5 Å². The van der Waals surface area contributed by atoms with Crippen molar-refractivity contribution in [3.8, 4) is 0 Å². The summed E-state index contributed by atoms with van der Waals surface area (Å²) in [5.41, 5.74) is 2.53. The second-order valence-electron chi connectivity index (χ2n) is 7.77.